The van der Waals surface area contributed by atoms with Gasteiger partial charge in [-0.1, -0.05) is 0 Å². The largest absolute Gasteiger partial charge is 0.399 e. The molecule has 1 aromatic heterocycles. The van der Waals surface area contributed by atoms with Crippen molar-refractivity contribution in [3.8, 4) is 0 Å². The van der Waals surface area contributed by atoms with Crippen LogP contribution in [0.25, 0.3) is 10.2 Å². The molecule has 0 bridgehead atoms. The number of nitrogens with one attached hydrogen (secondary N) is 1. The fraction of sp³-hybridized carbons (Fsp3) is 0. The number of rotatable bonds is 2. The summed E-state index contributed by atoms with van der Waals surface area (Å²) in [6.07, 6.45) is 0. The number of fused-ring (bicyclic) bond motifs is 1. The molecule has 0 saturated carbocycles. The van der Waals surface area contributed by atoms with E-state index in [0.717, 1.165) is 15.9 Å². The van der Waals surface area contributed by atoms with Crippen LogP contribution in [0.4, 0.5) is 11.4 Å². The number of halogens is 1. The van der Waals surface area contributed by atoms with E-state index in [9.17, 15) is 4.79 Å². The Morgan fingerprint density at radius 3 is 2.95 bits per heavy atom. The Morgan fingerprint density at radius 1 is 1.25 bits per heavy atom. The fourth-order valence-corrected chi connectivity index (χ4v) is 2.99. The third kappa shape index (κ3) is 2.52. The summed E-state index contributed by atoms with van der Waals surface area (Å²) in [6, 6.07) is 10.8. The van der Waals surface area contributed by atoms with Crippen LogP contribution in [0.2, 0.25) is 0 Å². The van der Waals surface area contributed by atoms with Crippen molar-refractivity contribution in [3.63, 3.8) is 0 Å². The molecule has 0 atom stereocenters. The highest BCUT2D eigenvalue weighted by Gasteiger charge is 2.11. The summed E-state index contributed by atoms with van der Waals surface area (Å²) in [5.41, 5.74) is 10.2. The predicted octanol–water partition coefficient (Wildman–Crippen LogP) is 3.89. The molecule has 100 valence electrons. The van der Waals surface area contributed by atoms with Crippen molar-refractivity contribution in [1.29, 1.82) is 0 Å². The quantitative estimate of drug-likeness (QED) is 0.691. The van der Waals surface area contributed by atoms with Crippen molar-refractivity contribution >= 4 is 54.8 Å². The van der Waals surface area contributed by atoms with Gasteiger partial charge >= 0.3 is 0 Å². The lowest BCUT2D eigenvalue weighted by Gasteiger charge is -2.07. The summed E-state index contributed by atoms with van der Waals surface area (Å²) in [5.74, 6) is -0.201. The van der Waals surface area contributed by atoms with Crippen LogP contribution in [-0.4, -0.2) is 10.9 Å². The maximum absolute atomic E-state index is 12.3. The SMILES string of the molecule is Nc1ccc(Br)c(C(=O)Nc2ccc3ncsc3c2)c1. The van der Waals surface area contributed by atoms with E-state index in [2.05, 4.69) is 26.2 Å². The Kier molecular flexibility index (Phi) is 3.42. The van der Waals surface area contributed by atoms with E-state index in [-0.39, 0.29) is 5.91 Å². The number of hydrogen-bond donors (Lipinski definition) is 2. The van der Waals surface area contributed by atoms with Crippen molar-refractivity contribution in [2.24, 2.45) is 0 Å². The van der Waals surface area contributed by atoms with E-state index in [4.69, 9.17) is 5.73 Å². The van der Waals surface area contributed by atoms with E-state index in [1.165, 1.54) is 11.3 Å². The molecule has 1 amide bonds. The number of nitrogen functional groups attached to an aromatic ring is 1. The normalized spacial score (nSPS) is 10.7. The van der Waals surface area contributed by atoms with Gasteiger partial charge in [0.2, 0.25) is 0 Å². The number of carbonyl (C=O) groups is 1. The summed E-state index contributed by atoms with van der Waals surface area (Å²) in [7, 11) is 0. The van der Waals surface area contributed by atoms with Gasteiger partial charge in [0.05, 0.1) is 21.3 Å². The third-order valence-corrected chi connectivity index (χ3v) is 4.31. The molecule has 0 saturated heterocycles. The van der Waals surface area contributed by atoms with E-state index >= 15 is 0 Å². The highest BCUT2D eigenvalue weighted by atomic mass is 79.9. The number of thiazole rings is 1. The maximum atomic E-state index is 12.3. The summed E-state index contributed by atoms with van der Waals surface area (Å²) in [4.78, 5) is 16.5. The van der Waals surface area contributed by atoms with Crippen molar-refractivity contribution < 1.29 is 4.79 Å². The Morgan fingerprint density at radius 2 is 2.10 bits per heavy atom. The van der Waals surface area contributed by atoms with Crippen LogP contribution in [0.3, 0.4) is 0 Å². The third-order valence-electron chi connectivity index (χ3n) is 2.82. The van der Waals surface area contributed by atoms with Gasteiger partial charge in [0.15, 0.2) is 0 Å². The molecule has 0 aliphatic heterocycles. The van der Waals surface area contributed by atoms with Crippen LogP contribution in [-0.2, 0) is 0 Å². The van der Waals surface area contributed by atoms with E-state index < -0.39 is 0 Å². The highest BCUT2D eigenvalue weighted by molar-refractivity contribution is 9.10. The van der Waals surface area contributed by atoms with Gasteiger partial charge in [-0.2, -0.15) is 0 Å². The predicted molar refractivity (Wildman–Crippen MR) is 86.1 cm³/mol. The molecule has 0 unspecified atom stereocenters. The lowest BCUT2D eigenvalue weighted by molar-refractivity contribution is 0.102. The van der Waals surface area contributed by atoms with E-state index in [0.29, 0.717) is 15.7 Å². The standard InChI is InChI=1S/C14H10BrN3OS/c15-11-3-1-8(16)5-10(11)14(19)18-9-2-4-12-13(6-9)20-7-17-12/h1-7H,16H2,(H,18,19). The number of nitrogens with two attached hydrogens (primary N) is 1. The topological polar surface area (TPSA) is 68.0 Å². The molecule has 0 aliphatic rings. The van der Waals surface area contributed by atoms with Crippen LogP contribution < -0.4 is 11.1 Å². The Bertz CT molecular complexity index is 800. The van der Waals surface area contributed by atoms with Crippen molar-refractivity contribution in [1.82, 2.24) is 4.98 Å². The molecule has 0 spiro atoms. The van der Waals surface area contributed by atoms with Gasteiger partial charge in [-0.3, -0.25) is 4.79 Å². The number of anilines is 2. The number of benzene rings is 2. The Balaban J connectivity index is 1.89. The van der Waals surface area contributed by atoms with Crippen LogP contribution in [0, 0.1) is 0 Å². The van der Waals surface area contributed by atoms with Gasteiger partial charge < -0.3 is 11.1 Å². The molecule has 3 rings (SSSR count). The minimum Gasteiger partial charge on any atom is -0.399 e. The van der Waals surface area contributed by atoms with Gasteiger partial charge in [0, 0.05) is 15.8 Å². The van der Waals surface area contributed by atoms with Crippen LogP contribution in [0.5, 0.6) is 0 Å². The monoisotopic (exact) mass is 347 g/mol. The molecule has 6 heteroatoms. The minimum atomic E-state index is -0.201. The van der Waals surface area contributed by atoms with Gasteiger partial charge in [-0.15, -0.1) is 11.3 Å². The van der Waals surface area contributed by atoms with Gasteiger partial charge in [-0.25, -0.2) is 4.98 Å². The smallest absolute Gasteiger partial charge is 0.256 e. The summed E-state index contributed by atoms with van der Waals surface area (Å²) in [6.45, 7) is 0. The molecule has 3 aromatic rings. The molecule has 2 aromatic carbocycles. The second-order valence-electron chi connectivity index (χ2n) is 4.23. The zero-order chi connectivity index (χ0) is 14.1. The summed E-state index contributed by atoms with van der Waals surface area (Å²) < 4.78 is 1.75. The minimum absolute atomic E-state index is 0.201. The Hall–Kier alpha value is -1.92. The summed E-state index contributed by atoms with van der Waals surface area (Å²) in [5, 5.41) is 2.86. The average molecular weight is 348 g/mol. The first-order valence-electron chi connectivity index (χ1n) is 5.83. The average Bonchev–Trinajstić information content (AvgIpc) is 2.89. The molecule has 20 heavy (non-hydrogen) atoms. The molecule has 1 heterocycles. The molecular weight excluding hydrogens is 338 g/mol. The van der Waals surface area contributed by atoms with Crippen LogP contribution in [0.15, 0.2) is 46.4 Å². The van der Waals surface area contributed by atoms with Crippen molar-refractivity contribution in [2.45, 2.75) is 0 Å². The second kappa shape index (κ2) is 5.22. The van der Waals surface area contributed by atoms with Crippen molar-refractivity contribution in [3.05, 3.63) is 51.9 Å². The first kappa shape index (κ1) is 13.1. The van der Waals surface area contributed by atoms with Crippen LogP contribution in [0.1, 0.15) is 10.4 Å². The highest BCUT2D eigenvalue weighted by Crippen LogP contribution is 2.24. The van der Waals surface area contributed by atoms with Crippen LogP contribution >= 0.6 is 27.3 Å². The number of nitrogens with zero attached hydrogens (tertiary/aromatic N) is 1. The Labute approximate surface area is 127 Å². The lowest BCUT2D eigenvalue weighted by Crippen LogP contribution is -2.12. The fourth-order valence-electron chi connectivity index (χ4n) is 1.85. The number of aromatic nitrogens is 1. The number of amides is 1. The summed E-state index contributed by atoms with van der Waals surface area (Å²) >= 11 is 4.89. The maximum Gasteiger partial charge on any atom is 0.256 e. The lowest BCUT2D eigenvalue weighted by atomic mass is 10.2. The zero-order valence-corrected chi connectivity index (χ0v) is 12.7. The molecule has 0 fully saturated rings. The zero-order valence-electron chi connectivity index (χ0n) is 10.3. The van der Waals surface area contributed by atoms with E-state index in [1.807, 2.05) is 18.2 Å². The van der Waals surface area contributed by atoms with E-state index in [1.54, 1.807) is 23.7 Å². The van der Waals surface area contributed by atoms with Gasteiger partial charge in [0.25, 0.3) is 5.91 Å². The molecule has 4 nitrogen and oxygen atoms in total. The first-order valence-corrected chi connectivity index (χ1v) is 7.50. The van der Waals surface area contributed by atoms with Crippen molar-refractivity contribution in [2.75, 3.05) is 11.1 Å². The number of carbonyl (C=O) groups excluding carboxylic acids is 1. The molecule has 0 aliphatic carbocycles. The molecule has 0 radical (unpaired) electrons. The molecular formula is C14H10BrN3OS. The van der Waals surface area contributed by atoms with Gasteiger partial charge in [0.1, 0.15) is 0 Å². The second-order valence-corrected chi connectivity index (χ2v) is 5.97. The first-order chi connectivity index (χ1) is 9.63. The molecule has 3 N–H and O–H groups in total. The van der Waals surface area contributed by atoms with Gasteiger partial charge in [-0.05, 0) is 52.3 Å². The number of hydrogen-bond acceptors (Lipinski definition) is 4.